The van der Waals surface area contributed by atoms with Crippen LogP contribution < -0.4 is 10.5 Å². The van der Waals surface area contributed by atoms with Crippen LogP contribution in [0.5, 0.6) is 5.75 Å². The predicted octanol–water partition coefficient (Wildman–Crippen LogP) is 1.48. The fraction of sp³-hybridized carbons (Fsp3) is 0.250. The van der Waals surface area contributed by atoms with E-state index in [-0.39, 0.29) is 17.1 Å². The van der Waals surface area contributed by atoms with E-state index in [0.717, 1.165) is 6.07 Å². The summed E-state index contributed by atoms with van der Waals surface area (Å²) in [5.41, 5.74) is 4.75. The van der Waals surface area contributed by atoms with Crippen molar-refractivity contribution in [1.29, 1.82) is 5.26 Å². The van der Waals surface area contributed by atoms with Gasteiger partial charge in [0.25, 0.3) is 6.43 Å². The maximum atomic E-state index is 12.2. The van der Waals surface area contributed by atoms with E-state index in [9.17, 15) is 8.78 Å². The molecule has 0 bridgehead atoms. The highest BCUT2D eigenvalue weighted by Crippen LogP contribution is 2.28. The van der Waals surface area contributed by atoms with E-state index in [4.69, 9.17) is 15.7 Å². The van der Waals surface area contributed by atoms with Crippen LogP contribution in [0.4, 0.5) is 14.6 Å². The molecule has 0 unspecified atom stereocenters. The first-order chi connectivity index (χ1) is 6.60. The normalized spacial score (nSPS) is 9.93. The molecule has 4 nitrogen and oxygen atoms in total. The molecule has 14 heavy (non-hydrogen) atoms. The summed E-state index contributed by atoms with van der Waals surface area (Å²) in [6.07, 6.45) is -2.75. The number of ether oxygens (including phenoxy) is 1. The lowest BCUT2D eigenvalue weighted by Crippen LogP contribution is -2.02. The van der Waals surface area contributed by atoms with Crippen LogP contribution >= 0.6 is 0 Å². The second kappa shape index (κ2) is 3.87. The van der Waals surface area contributed by atoms with Crippen molar-refractivity contribution in [2.24, 2.45) is 0 Å². The highest BCUT2D eigenvalue weighted by molar-refractivity contribution is 5.57. The summed E-state index contributed by atoms with van der Waals surface area (Å²) in [5.74, 6) is -0.182. The van der Waals surface area contributed by atoms with Crippen LogP contribution in [0.25, 0.3) is 0 Å². The second-order valence-corrected chi connectivity index (χ2v) is 2.43. The molecule has 6 heteroatoms. The fourth-order valence-corrected chi connectivity index (χ4v) is 0.983. The lowest BCUT2D eigenvalue weighted by atomic mass is 10.2. The lowest BCUT2D eigenvalue weighted by molar-refractivity contribution is 0.146. The van der Waals surface area contributed by atoms with Gasteiger partial charge >= 0.3 is 0 Å². The Kier molecular flexibility index (Phi) is 2.82. The maximum absolute atomic E-state index is 12.2. The Bertz CT molecular complexity index is 387. The summed E-state index contributed by atoms with van der Waals surface area (Å²) in [6.45, 7) is 0. The standard InChI is InChI=1S/C8H7F2N3O/c1-14-6-4(3-11)2-5(7(9)10)13-8(6)12/h2,7H,1H3,(H2,12,13). The van der Waals surface area contributed by atoms with E-state index in [1.807, 2.05) is 0 Å². The zero-order valence-electron chi connectivity index (χ0n) is 7.29. The highest BCUT2D eigenvalue weighted by Gasteiger charge is 2.16. The number of methoxy groups -OCH3 is 1. The highest BCUT2D eigenvalue weighted by atomic mass is 19.3. The first kappa shape index (κ1) is 10.2. The number of aromatic nitrogens is 1. The Morgan fingerprint density at radius 2 is 2.29 bits per heavy atom. The van der Waals surface area contributed by atoms with Gasteiger partial charge in [0.05, 0.1) is 12.7 Å². The Labute approximate surface area is 78.9 Å². The molecule has 0 aliphatic rings. The third-order valence-corrected chi connectivity index (χ3v) is 1.57. The molecule has 1 aromatic rings. The third-order valence-electron chi connectivity index (χ3n) is 1.57. The number of nitrogens with two attached hydrogens (primary N) is 1. The van der Waals surface area contributed by atoms with Crippen LogP contribution in [0.15, 0.2) is 6.07 Å². The van der Waals surface area contributed by atoms with Crippen molar-refractivity contribution in [2.75, 3.05) is 12.8 Å². The van der Waals surface area contributed by atoms with Crippen LogP contribution in [0, 0.1) is 11.3 Å². The van der Waals surface area contributed by atoms with Crippen molar-refractivity contribution in [3.05, 3.63) is 17.3 Å². The van der Waals surface area contributed by atoms with Crippen LogP contribution in [0.1, 0.15) is 17.7 Å². The van der Waals surface area contributed by atoms with Crippen molar-refractivity contribution in [3.63, 3.8) is 0 Å². The number of halogens is 2. The molecule has 0 radical (unpaired) electrons. The van der Waals surface area contributed by atoms with Gasteiger partial charge in [0.1, 0.15) is 11.8 Å². The summed E-state index contributed by atoms with van der Waals surface area (Å²) in [7, 11) is 1.29. The summed E-state index contributed by atoms with van der Waals surface area (Å²) in [5, 5.41) is 8.62. The van der Waals surface area contributed by atoms with E-state index in [1.54, 1.807) is 6.07 Å². The molecule has 0 saturated carbocycles. The molecule has 0 amide bonds. The number of pyridine rings is 1. The lowest BCUT2D eigenvalue weighted by Gasteiger charge is -2.07. The van der Waals surface area contributed by atoms with Gasteiger partial charge in [-0.3, -0.25) is 0 Å². The van der Waals surface area contributed by atoms with Gasteiger partial charge in [0.15, 0.2) is 11.6 Å². The number of alkyl halides is 2. The fourth-order valence-electron chi connectivity index (χ4n) is 0.983. The topological polar surface area (TPSA) is 71.9 Å². The minimum Gasteiger partial charge on any atom is -0.492 e. The number of nitriles is 1. The number of nitrogens with zero attached hydrogens (tertiary/aromatic N) is 2. The quantitative estimate of drug-likeness (QED) is 0.782. The first-order valence-corrected chi connectivity index (χ1v) is 3.62. The van der Waals surface area contributed by atoms with Gasteiger partial charge in [-0.15, -0.1) is 0 Å². The molecule has 0 aliphatic carbocycles. The van der Waals surface area contributed by atoms with Gasteiger partial charge < -0.3 is 10.5 Å². The molecule has 2 N–H and O–H groups in total. The molecule has 0 atom stereocenters. The van der Waals surface area contributed by atoms with Crippen LogP contribution in [-0.2, 0) is 0 Å². The molecule has 0 saturated heterocycles. The van der Waals surface area contributed by atoms with E-state index in [1.165, 1.54) is 7.11 Å². The molecule has 0 aromatic carbocycles. The maximum Gasteiger partial charge on any atom is 0.280 e. The molecule has 1 heterocycles. The average Bonchev–Trinajstić information content (AvgIpc) is 2.16. The Morgan fingerprint density at radius 3 is 2.71 bits per heavy atom. The minimum absolute atomic E-state index is 0.0249. The molecule has 0 fully saturated rings. The predicted molar refractivity (Wildman–Crippen MR) is 44.9 cm³/mol. The van der Waals surface area contributed by atoms with Gasteiger partial charge in [0.2, 0.25) is 0 Å². The van der Waals surface area contributed by atoms with E-state index in [2.05, 4.69) is 4.98 Å². The van der Waals surface area contributed by atoms with E-state index < -0.39 is 12.1 Å². The van der Waals surface area contributed by atoms with E-state index in [0.29, 0.717) is 0 Å². The summed E-state index contributed by atoms with van der Waals surface area (Å²) in [4.78, 5) is 3.40. The smallest absolute Gasteiger partial charge is 0.280 e. The van der Waals surface area contributed by atoms with Crippen molar-refractivity contribution in [2.45, 2.75) is 6.43 Å². The number of hydrogen-bond donors (Lipinski definition) is 1. The summed E-state index contributed by atoms with van der Waals surface area (Å²) >= 11 is 0. The second-order valence-electron chi connectivity index (χ2n) is 2.43. The number of rotatable bonds is 2. The number of hydrogen-bond acceptors (Lipinski definition) is 4. The van der Waals surface area contributed by atoms with Gasteiger partial charge in [-0.05, 0) is 6.07 Å². The van der Waals surface area contributed by atoms with Crippen molar-refractivity contribution in [3.8, 4) is 11.8 Å². The van der Waals surface area contributed by atoms with Crippen LogP contribution in [0.3, 0.4) is 0 Å². The molecule has 74 valence electrons. The monoisotopic (exact) mass is 199 g/mol. The zero-order chi connectivity index (χ0) is 10.7. The van der Waals surface area contributed by atoms with Gasteiger partial charge in [0, 0.05) is 0 Å². The largest absolute Gasteiger partial charge is 0.492 e. The number of anilines is 1. The molecular weight excluding hydrogens is 192 g/mol. The summed E-state index contributed by atoms with van der Waals surface area (Å²) < 4.78 is 29.2. The molecule has 1 rings (SSSR count). The third kappa shape index (κ3) is 1.71. The Balaban J connectivity index is 3.33. The minimum atomic E-state index is -2.75. The van der Waals surface area contributed by atoms with Crippen molar-refractivity contribution < 1.29 is 13.5 Å². The average molecular weight is 199 g/mol. The molecular formula is C8H7F2N3O. The first-order valence-electron chi connectivity index (χ1n) is 3.62. The SMILES string of the molecule is COc1c(C#N)cc(C(F)F)nc1N. The Hall–Kier alpha value is -1.90. The van der Waals surface area contributed by atoms with Crippen LogP contribution in [0.2, 0.25) is 0 Å². The van der Waals surface area contributed by atoms with Gasteiger partial charge in [-0.1, -0.05) is 0 Å². The van der Waals surface area contributed by atoms with Gasteiger partial charge in [-0.25, -0.2) is 13.8 Å². The molecule has 0 spiro atoms. The van der Waals surface area contributed by atoms with Crippen molar-refractivity contribution >= 4 is 5.82 Å². The Morgan fingerprint density at radius 1 is 1.64 bits per heavy atom. The molecule has 0 aliphatic heterocycles. The summed E-state index contributed by atoms with van der Waals surface area (Å²) in [6, 6.07) is 2.66. The zero-order valence-corrected chi connectivity index (χ0v) is 7.29. The van der Waals surface area contributed by atoms with Crippen LogP contribution in [-0.4, -0.2) is 12.1 Å². The van der Waals surface area contributed by atoms with Crippen molar-refractivity contribution in [1.82, 2.24) is 4.98 Å². The number of nitrogen functional groups attached to an aromatic ring is 1. The van der Waals surface area contributed by atoms with Gasteiger partial charge in [-0.2, -0.15) is 5.26 Å². The van der Waals surface area contributed by atoms with E-state index >= 15 is 0 Å². The molecule has 1 aromatic heterocycles.